The molecule has 8 nitrogen and oxygen atoms in total. The molecule has 3 atom stereocenters. The van der Waals surface area contributed by atoms with E-state index < -0.39 is 6.10 Å². The number of nitrogens with zero attached hydrogens (tertiary/aromatic N) is 6. The van der Waals surface area contributed by atoms with Crippen molar-refractivity contribution >= 4 is 5.78 Å². The number of para-hydroxylation sites is 2. The maximum Gasteiger partial charge on any atom is 0.198 e. The van der Waals surface area contributed by atoms with Crippen LogP contribution in [0.5, 0.6) is 5.75 Å². The zero-order valence-electron chi connectivity index (χ0n) is 49.5. The van der Waals surface area contributed by atoms with Crippen molar-refractivity contribution in [2.75, 3.05) is 0 Å². The number of Topliss-reactive ketones (excluding diaryl/α,β-unsaturated/α-hetero) is 1. The summed E-state index contributed by atoms with van der Waals surface area (Å²) in [6.45, 7) is 14.9. The first-order chi connectivity index (χ1) is 40.6. The van der Waals surface area contributed by atoms with E-state index in [9.17, 15) is 4.79 Å². The van der Waals surface area contributed by atoms with Crippen molar-refractivity contribution in [3.05, 3.63) is 199 Å². The van der Waals surface area contributed by atoms with E-state index in [0.717, 1.165) is 82.6 Å². The lowest BCUT2D eigenvalue weighted by Crippen LogP contribution is -2.54. The minimum atomic E-state index is -0.559. The molecule has 2 heterocycles. The third-order valence-electron chi connectivity index (χ3n) is 19.2. The Morgan fingerprint density at radius 2 is 0.940 bits per heavy atom. The Balaban J connectivity index is 0.897. The first kappa shape index (κ1) is 55.6. The number of unbranched alkanes of at least 4 members (excludes halogenated alkanes) is 6. The molecule has 3 unspecified atom stereocenters. The highest BCUT2D eigenvalue weighted by molar-refractivity contribution is 5.98. The van der Waals surface area contributed by atoms with Gasteiger partial charge in [-0.2, -0.15) is 0 Å². The fourth-order valence-corrected chi connectivity index (χ4v) is 15.5. The summed E-state index contributed by atoms with van der Waals surface area (Å²) in [6, 6.07) is 61.3. The standard InChI is InChI=1S/C75H80N6O2/c1-7-10-11-12-13-14-21-27-67(68(82)52(4)5)83-62-40-36-57(37-41-62)71-77-76-70(80(71)60-23-17-15-18-24-60)56-34-32-54(33-35-56)58-38-42-63-64-43-39-59(72-79-78-69(55-30-28-53(6)29-31-55)81(72)61-25-19-16-20-26-61)51-66(64)75(65(63)50-58)73(44-8-2)46-22-47-74(75,45-9-3)49-48-73/h15-20,23-26,28-43,50-51,67H,4,7-14,21-22,27,44-49H2,1-3,5-6H3. The number of rotatable bonds is 23. The average molecular weight is 1100 g/mol. The second-order valence-electron chi connectivity index (χ2n) is 24.4. The molecule has 7 aromatic carbocycles. The van der Waals surface area contributed by atoms with Crippen molar-refractivity contribution in [3.63, 3.8) is 0 Å². The summed E-state index contributed by atoms with van der Waals surface area (Å²) >= 11 is 0. The van der Waals surface area contributed by atoms with Crippen molar-refractivity contribution < 1.29 is 9.53 Å². The molecular formula is C75H80N6O2. The van der Waals surface area contributed by atoms with E-state index in [0.29, 0.717) is 17.7 Å². The van der Waals surface area contributed by atoms with E-state index in [1.54, 1.807) is 6.92 Å². The Hall–Kier alpha value is -7.97. The Morgan fingerprint density at radius 3 is 1.45 bits per heavy atom. The van der Waals surface area contributed by atoms with E-state index in [4.69, 9.17) is 25.1 Å². The molecule has 0 radical (unpaired) electrons. The number of carbonyl (C=O) groups excluding carboxylic acids is 1. The molecule has 83 heavy (non-hydrogen) atoms. The van der Waals surface area contributed by atoms with Crippen LogP contribution in [0.3, 0.4) is 0 Å². The van der Waals surface area contributed by atoms with Gasteiger partial charge in [0.1, 0.15) is 5.75 Å². The van der Waals surface area contributed by atoms with Gasteiger partial charge < -0.3 is 4.74 Å². The summed E-state index contributed by atoms with van der Waals surface area (Å²) in [4.78, 5) is 13.3. The first-order valence-electron chi connectivity index (χ1n) is 31.1. The molecule has 1 spiro atoms. The molecule has 2 fully saturated rings. The fraction of sp³-hybridized carbons (Fsp3) is 0.347. The predicted octanol–water partition coefficient (Wildman–Crippen LogP) is 19.3. The topological polar surface area (TPSA) is 87.7 Å². The van der Waals surface area contributed by atoms with E-state index in [1.165, 1.54) is 116 Å². The summed E-state index contributed by atoms with van der Waals surface area (Å²) in [6.07, 6.45) is 19.4. The van der Waals surface area contributed by atoms with Crippen molar-refractivity contribution in [2.45, 2.75) is 155 Å². The molecule has 9 aromatic rings. The lowest BCUT2D eigenvalue weighted by molar-refractivity contribution is -0.122. The van der Waals surface area contributed by atoms with Gasteiger partial charge in [0.05, 0.1) is 0 Å². The molecule has 3 aliphatic rings. The second-order valence-corrected chi connectivity index (χ2v) is 24.4. The summed E-state index contributed by atoms with van der Waals surface area (Å²) < 4.78 is 10.8. The van der Waals surface area contributed by atoms with Crippen LogP contribution in [-0.2, 0) is 10.2 Å². The Labute approximate surface area is 492 Å². The average Bonchev–Trinajstić information content (AvgIpc) is 1.61. The third kappa shape index (κ3) is 10.00. The van der Waals surface area contributed by atoms with Crippen LogP contribution in [-0.4, -0.2) is 41.4 Å². The van der Waals surface area contributed by atoms with Crippen LogP contribution in [0.1, 0.15) is 154 Å². The number of hydrogen-bond donors (Lipinski definition) is 0. The van der Waals surface area contributed by atoms with Crippen molar-refractivity contribution in [1.82, 2.24) is 29.5 Å². The zero-order valence-corrected chi connectivity index (χ0v) is 49.5. The number of carbonyl (C=O) groups is 1. The van der Waals surface area contributed by atoms with Gasteiger partial charge in [0, 0.05) is 39.0 Å². The third-order valence-corrected chi connectivity index (χ3v) is 19.2. The molecule has 2 bridgehead atoms. The number of ether oxygens (including phenoxy) is 1. The SMILES string of the molecule is C=C(C)C(=O)C(CCCCCCCCC)Oc1ccc(-c2nnc(-c3ccc(-c4ccc5c(c4)C4(c6cc(-c7nnc(-c8ccc(C)cc8)n7-c7ccccc7)ccc6-5)C5(CCC)CCCC4(CCC)CC5)cc3)n2-c2ccccc2)cc1. The lowest BCUT2D eigenvalue weighted by atomic mass is 9.44. The smallest absolute Gasteiger partial charge is 0.198 e. The molecule has 0 amide bonds. The van der Waals surface area contributed by atoms with Crippen LogP contribution < -0.4 is 4.74 Å². The van der Waals surface area contributed by atoms with Gasteiger partial charge in [0.25, 0.3) is 0 Å². The van der Waals surface area contributed by atoms with Crippen molar-refractivity contribution in [3.8, 4) is 84.9 Å². The van der Waals surface area contributed by atoms with Gasteiger partial charge in [-0.1, -0.05) is 200 Å². The minimum absolute atomic E-state index is 0.0354. The van der Waals surface area contributed by atoms with E-state index in [1.807, 2.05) is 30.3 Å². The summed E-state index contributed by atoms with van der Waals surface area (Å²) in [5.41, 5.74) is 16.1. The van der Waals surface area contributed by atoms with Gasteiger partial charge >= 0.3 is 0 Å². The monoisotopic (exact) mass is 1100 g/mol. The number of hydrogen-bond acceptors (Lipinski definition) is 6. The minimum Gasteiger partial charge on any atom is -0.482 e. The summed E-state index contributed by atoms with van der Waals surface area (Å²) in [7, 11) is 0. The highest BCUT2D eigenvalue weighted by atomic mass is 16.5. The number of fused-ring (bicyclic) bond motifs is 3. The van der Waals surface area contributed by atoms with E-state index >= 15 is 0 Å². The van der Waals surface area contributed by atoms with Gasteiger partial charge in [-0.25, -0.2) is 0 Å². The van der Waals surface area contributed by atoms with Gasteiger partial charge in [-0.15, -0.1) is 20.4 Å². The molecular weight excluding hydrogens is 1020 g/mol. The molecule has 12 rings (SSSR count). The van der Waals surface area contributed by atoms with Gasteiger partial charge in [-0.05, 0) is 176 Å². The summed E-state index contributed by atoms with van der Waals surface area (Å²) in [5, 5.41) is 19.8. The van der Waals surface area contributed by atoms with Crippen LogP contribution in [0, 0.1) is 17.8 Å². The number of aryl methyl sites for hydroxylation is 1. The maximum absolute atomic E-state index is 13.3. The van der Waals surface area contributed by atoms with Crippen LogP contribution in [0.15, 0.2) is 182 Å². The molecule has 0 N–H and O–H groups in total. The molecule has 0 aliphatic heterocycles. The van der Waals surface area contributed by atoms with Gasteiger partial charge in [0.2, 0.25) is 0 Å². The second kappa shape index (κ2) is 23.7. The fourth-order valence-electron chi connectivity index (χ4n) is 15.5. The van der Waals surface area contributed by atoms with E-state index in [2.05, 4.69) is 183 Å². The Morgan fingerprint density at radius 1 is 0.506 bits per heavy atom. The highest BCUT2D eigenvalue weighted by Gasteiger charge is 2.71. The quantitative estimate of drug-likeness (QED) is 0.0468. The first-order valence-corrected chi connectivity index (χ1v) is 31.1. The lowest BCUT2D eigenvalue weighted by Gasteiger charge is -2.58. The summed E-state index contributed by atoms with van der Waals surface area (Å²) in [5.74, 6) is 3.81. The van der Waals surface area contributed by atoms with Crippen molar-refractivity contribution in [2.24, 2.45) is 10.8 Å². The number of ketones is 1. The van der Waals surface area contributed by atoms with Gasteiger partial charge in [0.15, 0.2) is 35.2 Å². The maximum atomic E-state index is 13.3. The van der Waals surface area contributed by atoms with Crippen molar-refractivity contribution in [1.29, 1.82) is 0 Å². The number of benzene rings is 7. The zero-order chi connectivity index (χ0) is 57.1. The Kier molecular flexibility index (Phi) is 15.9. The Bertz CT molecular complexity index is 3720. The molecule has 2 saturated carbocycles. The molecule has 422 valence electrons. The van der Waals surface area contributed by atoms with Crippen LogP contribution in [0.4, 0.5) is 0 Å². The highest BCUT2D eigenvalue weighted by Crippen LogP contribution is 2.79. The number of aromatic nitrogens is 6. The molecule has 2 aromatic heterocycles. The molecule has 0 saturated heterocycles. The normalized spacial score (nSPS) is 19.0. The van der Waals surface area contributed by atoms with Crippen LogP contribution in [0.25, 0.3) is 79.2 Å². The predicted molar refractivity (Wildman–Crippen MR) is 339 cm³/mol. The van der Waals surface area contributed by atoms with Crippen LogP contribution >= 0.6 is 0 Å². The largest absolute Gasteiger partial charge is 0.482 e. The molecule has 8 heteroatoms. The van der Waals surface area contributed by atoms with E-state index in [-0.39, 0.29) is 22.0 Å². The van der Waals surface area contributed by atoms with Gasteiger partial charge in [-0.3, -0.25) is 13.9 Å². The van der Waals surface area contributed by atoms with Crippen LogP contribution in [0.2, 0.25) is 0 Å². The molecule has 3 aliphatic carbocycles.